The number of anilines is 2. The second-order valence-corrected chi connectivity index (χ2v) is 8.37. The standard InChI is InChI=1S/C17H22N4O3S/c1-13-8-10-19(2)14-6-3-4-7-15(14)21(13)25(22,23)16-12-18-20-9-5-11-24-17(16)20/h3-4,6-7,12-13H,5,8-11H2,1-2H3. The third kappa shape index (κ3) is 2.55. The summed E-state index contributed by atoms with van der Waals surface area (Å²) in [6, 6.07) is 7.47. The van der Waals surface area contributed by atoms with Gasteiger partial charge in [-0.2, -0.15) is 5.10 Å². The summed E-state index contributed by atoms with van der Waals surface area (Å²) in [5.41, 5.74) is 1.61. The Balaban J connectivity index is 1.87. The van der Waals surface area contributed by atoms with Gasteiger partial charge in [0.25, 0.3) is 10.0 Å². The minimum absolute atomic E-state index is 0.151. The predicted octanol–water partition coefficient (Wildman–Crippen LogP) is 2.09. The Morgan fingerprint density at radius 3 is 2.76 bits per heavy atom. The van der Waals surface area contributed by atoms with Crippen LogP contribution in [-0.4, -0.2) is 44.4 Å². The summed E-state index contributed by atoms with van der Waals surface area (Å²) in [7, 11) is -1.78. The SMILES string of the molecule is CC1CCN(C)c2ccccc2N1S(=O)(=O)c1cnn2c1OCCC2. The molecule has 0 aliphatic carbocycles. The first-order chi connectivity index (χ1) is 12.0. The number of ether oxygens (including phenoxy) is 1. The number of hydrogen-bond donors (Lipinski definition) is 0. The molecule has 2 aliphatic rings. The molecule has 8 heteroatoms. The minimum Gasteiger partial charge on any atom is -0.477 e. The highest BCUT2D eigenvalue weighted by atomic mass is 32.2. The van der Waals surface area contributed by atoms with Crippen LogP contribution in [0.1, 0.15) is 19.8 Å². The fourth-order valence-corrected chi connectivity index (χ4v) is 5.29. The first kappa shape index (κ1) is 16.3. The lowest BCUT2D eigenvalue weighted by atomic mass is 10.2. The highest BCUT2D eigenvalue weighted by molar-refractivity contribution is 7.93. The van der Waals surface area contributed by atoms with Crippen LogP contribution in [0.5, 0.6) is 5.88 Å². The maximum Gasteiger partial charge on any atom is 0.271 e. The second-order valence-electron chi connectivity index (χ2n) is 6.59. The van der Waals surface area contributed by atoms with E-state index in [2.05, 4.69) is 10.00 Å². The Labute approximate surface area is 147 Å². The van der Waals surface area contributed by atoms with Gasteiger partial charge in [0.05, 0.1) is 24.2 Å². The fourth-order valence-electron chi connectivity index (χ4n) is 3.52. The summed E-state index contributed by atoms with van der Waals surface area (Å²) < 4.78 is 35.9. The number of fused-ring (bicyclic) bond motifs is 2. The number of sulfonamides is 1. The van der Waals surface area contributed by atoms with E-state index >= 15 is 0 Å². The lowest BCUT2D eigenvalue weighted by Crippen LogP contribution is -2.38. The number of aryl methyl sites for hydroxylation is 1. The van der Waals surface area contributed by atoms with Crippen LogP contribution in [0.4, 0.5) is 11.4 Å². The monoisotopic (exact) mass is 362 g/mol. The molecule has 0 saturated heterocycles. The Morgan fingerprint density at radius 2 is 1.96 bits per heavy atom. The van der Waals surface area contributed by atoms with Crippen LogP contribution >= 0.6 is 0 Å². The van der Waals surface area contributed by atoms with Crippen molar-refractivity contribution in [1.82, 2.24) is 9.78 Å². The molecule has 1 atom stereocenters. The first-order valence-corrected chi connectivity index (χ1v) is 9.97. The average Bonchev–Trinajstić information content (AvgIpc) is 2.99. The van der Waals surface area contributed by atoms with Crippen LogP contribution in [-0.2, 0) is 16.6 Å². The molecule has 0 bridgehead atoms. The summed E-state index contributed by atoms with van der Waals surface area (Å²) in [6.07, 6.45) is 3.00. The molecule has 0 N–H and O–H groups in total. The molecule has 1 aromatic heterocycles. The quantitative estimate of drug-likeness (QED) is 0.818. The molecule has 1 unspecified atom stereocenters. The van der Waals surface area contributed by atoms with Gasteiger partial charge in [0, 0.05) is 32.6 Å². The lowest BCUT2D eigenvalue weighted by molar-refractivity contribution is 0.224. The highest BCUT2D eigenvalue weighted by Gasteiger charge is 2.37. The van der Waals surface area contributed by atoms with Gasteiger partial charge in [0.2, 0.25) is 5.88 Å². The molecule has 0 fully saturated rings. The van der Waals surface area contributed by atoms with Crippen molar-refractivity contribution in [3.05, 3.63) is 30.5 Å². The normalized spacial score (nSPS) is 20.5. The van der Waals surface area contributed by atoms with E-state index in [0.29, 0.717) is 24.7 Å². The molecule has 2 aliphatic heterocycles. The van der Waals surface area contributed by atoms with E-state index in [1.54, 1.807) is 4.68 Å². The lowest BCUT2D eigenvalue weighted by Gasteiger charge is -2.29. The van der Waals surface area contributed by atoms with Crippen molar-refractivity contribution in [2.75, 3.05) is 29.4 Å². The molecule has 0 radical (unpaired) electrons. The molecule has 25 heavy (non-hydrogen) atoms. The van der Waals surface area contributed by atoms with Gasteiger partial charge in [-0.3, -0.25) is 4.31 Å². The summed E-state index contributed by atoms with van der Waals surface area (Å²) >= 11 is 0. The van der Waals surface area contributed by atoms with Gasteiger partial charge in [-0.15, -0.1) is 0 Å². The number of nitrogens with zero attached hydrogens (tertiary/aromatic N) is 4. The number of hydrogen-bond acceptors (Lipinski definition) is 5. The third-order valence-electron chi connectivity index (χ3n) is 4.86. The molecular weight excluding hydrogens is 340 g/mol. The molecule has 0 spiro atoms. The number of aromatic nitrogens is 2. The van der Waals surface area contributed by atoms with Gasteiger partial charge in [0.1, 0.15) is 0 Å². The molecular formula is C17H22N4O3S. The van der Waals surface area contributed by atoms with Gasteiger partial charge in [-0.05, 0) is 25.5 Å². The Kier molecular flexibility index (Phi) is 3.87. The zero-order valence-electron chi connectivity index (χ0n) is 14.4. The fraction of sp³-hybridized carbons (Fsp3) is 0.471. The van der Waals surface area contributed by atoms with Gasteiger partial charge in [0.15, 0.2) is 4.90 Å². The van der Waals surface area contributed by atoms with Crippen molar-refractivity contribution in [3.63, 3.8) is 0 Å². The maximum atomic E-state index is 13.5. The number of para-hydroxylation sites is 2. The maximum absolute atomic E-state index is 13.5. The van der Waals surface area contributed by atoms with Crippen LogP contribution in [0.25, 0.3) is 0 Å². The van der Waals surface area contributed by atoms with Crippen LogP contribution < -0.4 is 13.9 Å². The summed E-state index contributed by atoms with van der Waals surface area (Å²) in [5.74, 6) is 0.355. The summed E-state index contributed by atoms with van der Waals surface area (Å²) in [4.78, 5) is 2.25. The topological polar surface area (TPSA) is 67.7 Å². The number of benzene rings is 1. The van der Waals surface area contributed by atoms with E-state index in [0.717, 1.165) is 25.1 Å². The molecule has 0 saturated carbocycles. The van der Waals surface area contributed by atoms with Crippen LogP contribution in [0.2, 0.25) is 0 Å². The first-order valence-electron chi connectivity index (χ1n) is 8.53. The van der Waals surface area contributed by atoms with Gasteiger partial charge in [-0.25, -0.2) is 13.1 Å². The zero-order chi connectivity index (χ0) is 17.6. The van der Waals surface area contributed by atoms with E-state index in [1.165, 1.54) is 10.5 Å². The highest BCUT2D eigenvalue weighted by Crippen LogP contribution is 2.39. The molecule has 3 heterocycles. The summed E-state index contributed by atoms with van der Waals surface area (Å²) in [6.45, 7) is 3.94. The van der Waals surface area contributed by atoms with Gasteiger partial charge < -0.3 is 9.64 Å². The minimum atomic E-state index is -3.77. The molecule has 1 aromatic carbocycles. The molecule has 7 nitrogen and oxygen atoms in total. The van der Waals surface area contributed by atoms with Crippen molar-refractivity contribution in [1.29, 1.82) is 0 Å². The van der Waals surface area contributed by atoms with E-state index in [-0.39, 0.29) is 10.9 Å². The van der Waals surface area contributed by atoms with Crippen LogP contribution in [0, 0.1) is 0 Å². The van der Waals surface area contributed by atoms with Gasteiger partial charge >= 0.3 is 0 Å². The van der Waals surface area contributed by atoms with E-state index in [1.807, 2.05) is 38.2 Å². The predicted molar refractivity (Wildman–Crippen MR) is 95.8 cm³/mol. The van der Waals surface area contributed by atoms with Crippen LogP contribution in [0.3, 0.4) is 0 Å². The third-order valence-corrected chi connectivity index (χ3v) is 6.77. The Bertz CT molecular complexity index is 893. The van der Waals surface area contributed by atoms with Crippen molar-refractivity contribution in [2.24, 2.45) is 0 Å². The molecule has 134 valence electrons. The molecule has 4 rings (SSSR count). The van der Waals surface area contributed by atoms with Gasteiger partial charge in [-0.1, -0.05) is 12.1 Å². The van der Waals surface area contributed by atoms with E-state index in [4.69, 9.17) is 4.74 Å². The van der Waals surface area contributed by atoms with Crippen molar-refractivity contribution in [3.8, 4) is 5.88 Å². The van der Waals surface area contributed by atoms with E-state index < -0.39 is 10.0 Å². The summed E-state index contributed by atoms with van der Waals surface area (Å²) in [5, 5.41) is 4.21. The average molecular weight is 362 g/mol. The Hall–Kier alpha value is -2.22. The zero-order valence-corrected chi connectivity index (χ0v) is 15.2. The van der Waals surface area contributed by atoms with Crippen molar-refractivity contribution < 1.29 is 13.2 Å². The Morgan fingerprint density at radius 1 is 1.20 bits per heavy atom. The van der Waals surface area contributed by atoms with Crippen LogP contribution in [0.15, 0.2) is 35.4 Å². The molecule has 2 aromatic rings. The molecule has 0 amide bonds. The van der Waals surface area contributed by atoms with E-state index in [9.17, 15) is 8.42 Å². The largest absolute Gasteiger partial charge is 0.477 e. The second kappa shape index (κ2) is 5.94. The number of rotatable bonds is 2. The smallest absolute Gasteiger partial charge is 0.271 e. The van der Waals surface area contributed by atoms with Crippen molar-refractivity contribution in [2.45, 2.75) is 37.2 Å². The van der Waals surface area contributed by atoms with Crippen molar-refractivity contribution >= 4 is 21.4 Å².